The summed E-state index contributed by atoms with van der Waals surface area (Å²) >= 11 is 3.38. The Balaban J connectivity index is 1.99. The number of hydrogen-bond acceptors (Lipinski definition) is 5. The highest BCUT2D eigenvalue weighted by atomic mass is 32.1. The summed E-state index contributed by atoms with van der Waals surface area (Å²) in [5.74, 6) is 0.420. The van der Waals surface area contributed by atoms with Gasteiger partial charge in [0.05, 0.1) is 12.8 Å². The van der Waals surface area contributed by atoms with Crippen LogP contribution in [0.3, 0.4) is 0 Å². The fraction of sp³-hybridized carbons (Fsp3) is 0.200. The number of ether oxygens (including phenoxy) is 1. The molecule has 0 fully saturated rings. The van der Waals surface area contributed by atoms with E-state index >= 15 is 0 Å². The summed E-state index contributed by atoms with van der Waals surface area (Å²) in [6.45, 7) is 0. The molecule has 3 aromatic rings. The monoisotopic (exact) mass is 364 g/mol. The average Bonchev–Trinajstić information content (AvgIpc) is 3.34. The van der Waals surface area contributed by atoms with E-state index in [0.29, 0.717) is 11.4 Å². The van der Waals surface area contributed by atoms with Gasteiger partial charge in [0.1, 0.15) is 11.6 Å². The zero-order valence-corrected chi connectivity index (χ0v) is 15.4. The summed E-state index contributed by atoms with van der Waals surface area (Å²) in [4.78, 5) is 7.06. The maximum Gasteiger partial charge on any atom is 0.232 e. The predicted molar refractivity (Wildman–Crippen MR) is 104 cm³/mol. The number of fused-ring (bicyclic) bond motifs is 1. The Kier molecular flexibility index (Phi) is 4.39. The van der Waals surface area contributed by atoms with E-state index in [1.165, 1.54) is 16.0 Å². The molecule has 3 heterocycles. The average molecular weight is 364 g/mol. The first-order valence-corrected chi connectivity index (χ1v) is 9.87. The molecule has 0 unspecified atom stereocenters. The van der Waals surface area contributed by atoms with Gasteiger partial charge in [-0.1, -0.05) is 12.1 Å². The molecule has 0 saturated carbocycles. The lowest BCUT2D eigenvalue weighted by Crippen LogP contribution is -2.10. The topological polar surface area (TPSA) is 45.9 Å². The van der Waals surface area contributed by atoms with Crippen LogP contribution in [0.15, 0.2) is 35.0 Å². The molecular formula is C20H16N2OS2. The molecule has 3 aromatic heterocycles. The fourth-order valence-electron chi connectivity index (χ4n) is 3.31. The van der Waals surface area contributed by atoms with Gasteiger partial charge >= 0.3 is 0 Å². The molecule has 124 valence electrons. The third-order valence-corrected chi connectivity index (χ3v) is 6.08. The molecule has 1 aliphatic carbocycles. The van der Waals surface area contributed by atoms with E-state index in [2.05, 4.69) is 35.7 Å². The Hall–Kier alpha value is -2.42. The van der Waals surface area contributed by atoms with E-state index in [1.54, 1.807) is 29.8 Å². The lowest BCUT2D eigenvalue weighted by atomic mass is 9.86. The zero-order valence-electron chi connectivity index (χ0n) is 13.8. The van der Waals surface area contributed by atoms with Crippen LogP contribution >= 0.6 is 22.7 Å². The number of hydrogen-bond donors (Lipinski definition) is 0. The van der Waals surface area contributed by atoms with E-state index in [1.807, 2.05) is 11.4 Å². The summed E-state index contributed by atoms with van der Waals surface area (Å²) in [6, 6.07) is 10.6. The molecule has 0 saturated heterocycles. The highest BCUT2D eigenvalue weighted by Crippen LogP contribution is 2.42. The highest BCUT2D eigenvalue weighted by molar-refractivity contribution is 7.13. The molecule has 0 spiro atoms. The van der Waals surface area contributed by atoms with Gasteiger partial charge in [-0.05, 0) is 59.4 Å². The van der Waals surface area contributed by atoms with Crippen molar-refractivity contribution in [2.24, 2.45) is 0 Å². The van der Waals surface area contributed by atoms with Crippen LogP contribution in [-0.2, 0) is 6.42 Å². The van der Waals surface area contributed by atoms with Crippen LogP contribution < -0.4 is 4.74 Å². The molecule has 0 aliphatic heterocycles. The predicted octanol–water partition coefficient (Wildman–Crippen LogP) is 5.63. The van der Waals surface area contributed by atoms with Crippen molar-refractivity contribution < 1.29 is 4.74 Å². The van der Waals surface area contributed by atoms with Gasteiger partial charge in [-0.25, -0.2) is 4.98 Å². The van der Waals surface area contributed by atoms with Gasteiger partial charge in [-0.3, -0.25) is 0 Å². The van der Waals surface area contributed by atoms with Crippen molar-refractivity contribution in [3.63, 3.8) is 0 Å². The van der Waals surface area contributed by atoms with Crippen LogP contribution in [0, 0.1) is 11.3 Å². The van der Waals surface area contributed by atoms with Crippen molar-refractivity contribution >= 4 is 34.3 Å². The molecule has 0 aromatic carbocycles. The zero-order chi connectivity index (χ0) is 17.2. The standard InChI is InChI=1S/C20H16N2OS2/c1-23-20-16(12-21)18(17-8-4-10-25-17)15-7-2-5-13(19(15)22-20)11-14-6-3-9-24-14/h3-4,6,8-11H,2,5,7H2,1H3. The quantitative estimate of drug-likeness (QED) is 0.605. The number of nitrogens with zero attached hydrogens (tertiary/aromatic N) is 2. The maximum atomic E-state index is 9.73. The van der Waals surface area contributed by atoms with Crippen LogP contribution in [0.5, 0.6) is 5.88 Å². The lowest BCUT2D eigenvalue weighted by molar-refractivity contribution is 0.395. The van der Waals surface area contributed by atoms with E-state index in [-0.39, 0.29) is 0 Å². The Bertz CT molecular complexity index is 964. The lowest BCUT2D eigenvalue weighted by Gasteiger charge is -2.23. The highest BCUT2D eigenvalue weighted by Gasteiger charge is 2.26. The minimum absolute atomic E-state index is 0.420. The second-order valence-corrected chi connectivity index (χ2v) is 7.75. The number of nitriles is 1. The van der Waals surface area contributed by atoms with Gasteiger partial charge in [0.25, 0.3) is 0 Å². The molecule has 0 amide bonds. The molecule has 25 heavy (non-hydrogen) atoms. The molecule has 0 bridgehead atoms. The van der Waals surface area contributed by atoms with Crippen LogP contribution in [0.25, 0.3) is 22.1 Å². The Labute approximate surface area is 154 Å². The van der Waals surface area contributed by atoms with Crippen molar-refractivity contribution in [3.8, 4) is 22.4 Å². The number of pyridine rings is 1. The molecule has 3 nitrogen and oxygen atoms in total. The van der Waals surface area contributed by atoms with Crippen LogP contribution in [0.2, 0.25) is 0 Å². The van der Waals surface area contributed by atoms with Gasteiger partial charge in [-0.15, -0.1) is 22.7 Å². The number of allylic oxidation sites excluding steroid dienone is 1. The molecule has 0 radical (unpaired) electrons. The number of rotatable bonds is 3. The smallest absolute Gasteiger partial charge is 0.232 e. The van der Waals surface area contributed by atoms with Crippen molar-refractivity contribution in [1.82, 2.24) is 4.98 Å². The first-order chi connectivity index (χ1) is 12.3. The Morgan fingerprint density at radius 3 is 2.72 bits per heavy atom. The molecule has 4 rings (SSSR count). The summed E-state index contributed by atoms with van der Waals surface area (Å²) in [5.41, 5.74) is 4.93. The van der Waals surface area contributed by atoms with E-state index in [9.17, 15) is 5.26 Å². The van der Waals surface area contributed by atoms with E-state index in [4.69, 9.17) is 9.72 Å². The van der Waals surface area contributed by atoms with Gasteiger partial charge in [0, 0.05) is 15.3 Å². The first kappa shape index (κ1) is 16.1. The van der Waals surface area contributed by atoms with Gasteiger partial charge in [-0.2, -0.15) is 5.26 Å². The van der Waals surface area contributed by atoms with E-state index < -0.39 is 0 Å². The van der Waals surface area contributed by atoms with E-state index in [0.717, 1.165) is 35.4 Å². The van der Waals surface area contributed by atoms with Crippen molar-refractivity contribution in [2.45, 2.75) is 19.3 Å². The summed E-state index contributed by atoms with van der Waals surface area (Å²) in [5, 5.41) is 13.9. The summed E-state index contributed by atoms with van der Waals surface area (Å²) < 4.78 is 5.47. The first-order valence-electron chi connectivity index (χ1n) is 8.11. The molecular weight excluding hydrogens is 348 g/mol. The molecule has 0 N–H and O–H groups in total. The number of methoxy groups -OCH3 is 1. The number of thiophene rings is 2. The van der Waals surface area contributed by atoms with Crippen LogP contribution in [0.1, 0.15) is 34.5 Å². The number of aromatic nitrogens is 1. The van der Waals surface area contributed by atoms with Crippen molar-refractivity contribution in [3.05, 3.63) is 56.7 Å². The molecule has 0 atom stereocenters. The van der Waals surface area contributed by atoms with Crippen LogP contribution in [-0.4, -0.2) is 12.1 Å². The third kappa shape index (κ3) is 2.88. The van der Waals surface area contributed by atoms with Crippen molar-refractivity contribution in [2.75, 3.05) is 7.11 Å². The SMILES string of the molecule is COc1nc2c(c(-c3cccs3)c1C#N)CCCC2=Cc1cccs1. The Morgan fingerprint density at radius 2 is 2.04 bits per heavy atom. The second kappa shape index (κ2) is 6.83. The fourth-order valence-corrected chi connectivity index (χ4v) is 4.80. The van der Waals surface area contributed by atoms with Crippen molar-refractivity contribution in [1.29, 1.82) is 5.26 Å². The minimum Gasteiger partial charge on any atom is -0.480 e. The molecule has 1 aliphatic rings. The maximum absolute atomic E-state index is 9.73. The normalized spacial score (nSPS) is 15.0. The van der Waals surface area contributed by atoms with Crippen LogP contribution in [0.4, 0.5) is 0 Å². The Morgan fingerprint density at radius 1 is 1.20 bits per heavy atom. The summed E-state index contributed by atoms with van der Waals surface area (Å²) in [6.07, 6.45) is 5.23. The molecule has 5 heteroatoms. The largest absolute Gasteiger partial charge is 0.480 e. The second-order valence-electron chi connectivity index (χ2n) is 5.83. The van der Waals surface area contributed by atoms with Gasteiger partial charge in [0.15, 0.2) is 0 Å². The van der Waals surface area contributed by atoms with Gasteiger partial charge in [0.2, 0.25) is 5.88 Å². The minimum atomic E-state index is 0.420. The summed E-state index contributed by atoms with van der Waals surface area (Å²) in [7, 11) is 1.58. The third-order valence-electron chi connectivity index (χ3n) is 4.37. The van der Waals surface area contributed by atoms with Gasteiger partial charge < -0.3 is 4.74 Å².